The van der Waals surface area contributed by atoms with Gasteiger partial charge < -0.3 is 4.40 Å². The van der Waals surface area contributed by atoms with Crippen molar-refractivity contribution in [1.29, 1.82) is 0 Å². The zero-order chi connectivity index (χ0) is 21.9. The van der Waals surface area contributed by atoms with Crippen molar-refractivity contribution in [2.75, 3.05) is 0 Å². The first-order valence-corrected chi connectivity index (χ1v) is 11.0. The Hall–Kier alpha value is -3.28. The molecule has 0 radical (unpaired) electrons. The topological polar surface area (TPSA) is 60.4 Å². The summed E-state index contributed by atoms with van der Waals surface area (Å²) in [6.45, 7) is 14.6. The van der Waals surface area contributed by atoms with E-state index in [0.29, 0.717) is 11.8 Å². The van der Waals surface area contributed by atoms with E-state index in [-0.39, 0.29) is 0 Å². The third-order valence-electron chi connectivity index (χ3n) is 6.45. The van der Waals surface area contributed by atoms with Gasteiger partial charge in [-0.05, 0) is 57.7 Å². The quantitative estimate of drug-likeness (QED) is 0.439. The zero-order valence-corrected chi connectivity index (χ0v) is 18.8. The van der Waals surface area contributed by atoms with Crippen molar-refractivity contribution in [2.45, 2.75) is 59.3 Å². The first-order valence-electron chi connectivity index (χ1n) is 11.0. The Morgan fingerprint density at radius 2 is 2.00 bits per heavy atom. The van der Waals surface area contributed by atoms with E-state index < -0.39 is 0 Å². The number of aryl methyl sites for hydroxylation is 3. The van der Waals surface area contributed by atoms with Gasteiger partial charge in [-0.3, -0.25) is 4.98 Å². The lowest BCUT2D eigenvalue weighted by Crippen LogP contribution is -1.97. The van der Waals surface area contributed by atoms with Crippen molar-refractivity contribution >= 4 is 22.9 Å². The number of allylic oxidation sites excluding steroid dienone is 2. The number of hydrogen-bond donors (Lipinski definition) is 0. The van der Waals surface area contributed by atoms with E-state index in [1.165, 1.54) is 11.3 Å². The standard InChI is InChI=1S/C25H28N6/c1-7-9-19-18(14(3)8-2)10-11-30-17(6)22(27-25(19)30)20-12-21(20)23-28-24-16(5)26-13-15(4)31(24)29-23/h7,9-11,13,20-21H,3,8,12H2,1-2,4-6H3. The average Bonchev–Trinajstić information content (AvgIpc) is 3.29. The lowest BCUT2D eigenvalue weighted by Gasteiger charge is -2.09. The summed E-state index contributed by atoms with van der Waals surface area (Å²) in [5.74, 6) is 1.55. The highest BCUT2D eigenvalue weighted by atomic mass is 15.3. The van der Waals surface area contributed by atoms with Crippen LogP contribution in [0.15, 0.2) is 31.1 Å². The molecule has 6 heteroatoms. The van der Waals surface area contributed by atoms with Crippen molar-refractivity contribution < 1.29 is 0 Å². The Morgan fingerprint density at radius 3 is 2.71 bits per heavy atom. The Kier molecular flexibility index (Phi) is 4.54. The van der Waals surface area contributed by atoms with Gasteiger partial charge in [0, 0.05) is 35.5 Å². The number of rotatable bonds is 5. The fourth-order valence-electron chi connectivity index (χ4n) is 4.49. The van der Waals surface area contributed by atoms with Crippen LogP contribution in [0.1, 0.15) is 78.3 Å². The molecule has 4 aromatic rings. The van der Waals surface area contributed by atoms with Crippen LogP contribution in [0.3, 0.4) is 0 Å². The molecule has 158 valence electrons. The zero-order valence-electron chi connectivity index (χ0n) is 18.8. The molecule has 2 atom stereocenters. The molecule has 1 fully saturated rings. The van der Waals surface area contributed by atoms with Crippen LogP contribution in [0.2, 0.25) is 0 Å². The minimum atomic E-state index is 0.303. The molecule has 4 heterocycles. The Balaban J connectivity index is 1.57. The summed E-state index contributed by atoms with van der Waals surface area (Å²) in [6.07, 6.45) is 10.1. The van der Waals surface area contributed by atoms with E-state index in [9.17, 15) is 0 Å². The van der Waals surface area contributed by atoms with Gasteiger partial charge in [-0.2, -0.15) is 5.10 Å². The molecule has 31 heavy (non-hydrogen) atoms. The second kappa shape index (κ2) is 7.15. The minimum Gasteiger partial charge on any atom is -0.304 e. The third-order valence-corrected chi connectivity index (χ3v) is 6.45. The number of imidazole rings is 1. The predicted octanol–water partition coefficient (Wildman–Crippen LogP) is 5.42. The molecule has 1 aliphatic carbocycles. The normalized spacial score (nSPS) is 18.5. The van der Waals surface area contributed by atoms with Gasteiger partial charge in [0.05, 0.1) is 17.1 Å². The predicted molar refractivity (Wildman–Crippen MR) is 124 cm³/mol. The molecule has 0 amide bonds. The maximum absolute atomic E-state index is 5.13. The largest absolute Gasteiger partial charge is 0.304 e. The SMILES string of the molecule is C=C(CC)c1ccn2c(C)c(C3CC3c3nc4c(C)ncc(C)n4n3)nc2c1C=CC. The number of aromatic nitrogens is 6. The Morgan fingerprint density at radius 1 is 1.19 bits per heavy atom. The summed E-state index contributed by atoms with van der Waals surface area (Å²) in [6, 6.07) is 2.17. The minimum absolute atomic E-state index is 0.303. The van der Waals surface area contributed by atoms with Crippen LogP contribution in [-0.2, 0) is 0 Å². The van der Waals surface area contributed by atoms with Crippen LogP contribution in [0.5, 0.6) is 0 Å². The number of pyridine rings is 1. The number of hydrogen-bond acceptors (Lipinski definition) is 4. The highest BCUT2D eigenvalue weighted by Crippen LogP contribution is 2.54. The van der Waals surface area contributed by atoms with Gasteiger partial charge in [-0.15, -0.1) is 0 Å². The van der Waals surface area contributed by atoms with Gasteiger partial charge in [0.1, 0.15) is 5.65 Å². The smallest absolute Gasteiger partial charge is 0.177 e. The van der Waals surface area contributed by atoms with Crippen LogP contribution < -0.4 is 0 Å². The Labute approximate surface area is 182 Å². The molecule has 0 bridgehead atoms. The van der Waals surface area contributed by atoms with Crippen molar-refractivity contribution in [3.05, 3.63) is 70.8 Å². The fraction of sp³-hybridized carbons (Fsp3) is 0.360. The number of fused-ring (bicyclic) bond motifs is 2. The van der Waals surface area contributed by atoms with E-state index in [0.717, 1.165) is 58.2 Å². The van der Waals surface area contributed by atoms with Gasteiger partial charge in [0.25, 0.3) is 0 Å². The lowest BCUT2D eigenvalue weighted by molar-refractivity contribution is 0.827. The monoisotopic (exact) mass is 412 g/mol. The molecule has 2 unspecified atom stereocenters. The molecule has 0 aromatic carbocycles. The van der Waals surface area contributed by atoms with E-state index in [2.05, 4.69) is 54.2 Å². The molecule has 0 saturated heterocycles. The third kappa shape index (κ3) is 3.00. The lowest BCUT2D eigenvalue weighted by atomic mass is 10.0. The molecular formula is C25H28N6. The second-order valence-electron chi connectivity index (χ2n) is 8.52. The highest BCUT2D eigenvalue weighted by molar-refractivity contribution is 5.80. The summed E-state index contributed by atoms with van der Waals surface area (Å²) in [5, 5.41) is 4.80. The summed E-state index contributed by atoms with van der Waals surface area (Å²) in [5.41, 5.74) is 9.57. The molecule has 1 saturated carbocycles. The van der Waals surface area contributed by atoms with Gasteiger partial charge in [-0.1, -0.05) is 25.7 Å². The van der Waals surface area contributed by atoms with E-state index in [1.54, 1.807) is 0 Å². The highest BCUT2D eigenvalue weighted by Gasteiger charge is 2.45. The second-order valence-corrected chi connectivity index (χ2v) is 8.52. The van der Waals surface area contributed by atoms with Crippen molar-refractivity contribution in [3.63, 3.8) is 0 Å². The molecule has 5 rings (SSSR count). The van der Waals surface area contributed by atoms with Crippen LogP contribution >= 0.6 is 0 Å². The van der Waals surface area contributed by atoms with Gasteiger partial charge in [0.2, 0.25) is 0 Å². The first kappa shape index (κ1) is 19.7. The van der Waals surface area contributed by atoms with Crippen LogP contribution in [0.25, 0.3) is 22.9 Å². The van der Waals surface area contributed by atoms with Crippen LogP contribution in [0.4, 0.5) is 0 Å². The average molecular weight is 413 g/mol. The molecule has 6 nitrogen and oxygen atoms in total. The number of nitrogens with zero attached hydrogens (tertiary/aromatic N) is 6. The van der Waals surface area contributed by atoms with Crippen LogP contribution in [0, 0.1) is 20.8 Å². The van der Waals surface area contributed by atoms with Gasteiger partial charge >= 0.3 is 0 Å². The summed E-state index contributed by atoms with van der Waals surface area (Å²) < 4.78 is 4.12. The van der Waals surface area contributed by atoms with E-state index in [4.69, 9.17) is 15.1 Å². The van der Waals surface area contributed by atoms with Crippen molar-refractivity contribution in [1.82, 2.24) is 29.0 Å². The molecule has 1 aliphatic rings. The Bertz CT molecular complexity index is 1330. The van der Waals surface area contributed by atoms with Gasteiger partial charge in [-0.25, -0.2) is 14.5 Å². The fourth-order valence-corrected chi connectivity index (χ4v) is 4.49. The maximum Gasteiger partial charge on any atom is 0.177 e. The molecule has 0 aliphatic heterocycles. The summed E-state index contributed by atoms with van der Waals surface area (Å²) in [7, 11) is 0. The molecule has 0 spiro atoms. The molecule has 4 aromatic heterocycles. The van der Waals surface area contributed by atoms with Gasteiger partial charge in [0.15, 0.2) is 11.5 Å². The van der Waals surface area contributed by atoms with Crippen molar-refractivity contribution in [3.8, 4) is 0 Å². The van der Waals surface area contributed by atoms with Crippen molar-refractivity contribution in [2.24, 2.45) is 0 Å². The first-order chi connectivity index (χ1) is 14.9. The van der Waals surface area contributed by atoms with Crippen LogP contribution in [-0.4, -0.2) is 29.0 Å². The molecule has 0 N–H and O–H groups in total. The maximum atomic E-state index is 5.13. The molecular weight excluding hydrogens is 384 g/mol. The van der Waals surface area contributed by atoms with E-state index in [1.807, 2.05) is 31.5 Å². The summed E-state index contributed by atoms with van der Waals surface area (Å²) in [4.78, 5) is 14.4. The van der Waals surface area contributed by atoms with E-state index >= 15 is 0 Å². The summed E-state index contributed by atoms with van der Waals surface area (Å²) >= 11 is 0.